The smallest absolute Gasteiger partial charge is 0.327 e. The van der Waals surface area contributed by atoms with Crippen molar-refractivity contribution in [2.75, 3.05) is 6.61 Å². The van der Waals surface area contributed by atoms with Crippen molar-refractivity contribution in [1.29, 1.82) is 0 Å². The molecule has 21 heavy (non-hydrogen) atoms. The van der Waals surface area contributed by atoms with Gasteiger partial charge in [-0.15, -0.1) is 0 Å². The molecule has 0 aliphatic carbocycles. The lowest BCUT2D eigenvalue weighted by Crippen LogP contribution is -2.15. The van der Waals surface area contributed by atoms with Crippen molar-refractivity contribution < 1.29 is 14.7 Å². The van der Waals surface area contributed by atoms with Gasteiger partial charge in [0.15, 0.2) is 0 Å². The number of carbonyl (C=O) groups excluding carboxylic acids is 1. The second-order valence-electron chi connectivity index (χ2n) is 4.10. The maximum Gasteiger partial charge on any atom is 0.327 e. The fourth-order valence-electron chi connectivity index (χ4n) is 1.64. The van der Waals surface area contributed by atoms with E-state index in [9.17, 15) is 4.79 Å². The van der Waals surface area contributed by atoms with Crippen LogP contribution < -0.4 is 0 Å². The number of rotatable bonds is 6. The quantitative estimate of drug-likeness (QED) is 0.288. The SMILES string of the molecule is C/C=C\C=C(/C=NO)c1nn(CC(=O)OCC)c(C)c1Cl. The van der Waals surface area contributed by atoms with Gasteiger partial charge < -0.3 is 9.94 Å². The molecule has 1 aromatic rings. The van der Waals surface area contributed by atoms with E-state index < -0.39 is 0 Å². The molecule has 1 N–H and O–H groups in total. The van der Waals surface area contributed by atoms with Crippen LogP contribution in [0.4, 0.5) is 0 Å². The van der Waals surface area contributed by atoms with Gasteiger partial charge in [0.1, 0.15) is 12.2 Å². The van der Waals surface area contributed by atoms with Gasteiger partial charge in [-0.25, -0.2) is 0 Å². The number of ether oxygens (including phenoxy) is 1. The maximum atomic E-state index is 11.5. The summed E-state index contributed by atoms with van der Waals surface area (Å²) in [6, 6.07) is 0. The van der Waals surface area contributed by atoms with Gasteiger partial charge in [0.25, 0.3) is 0 Å². The summed E-state index contributed by atoms with van der Waals surface area (Å²) >= 11 is 6.24. The van der Waals surface area contributed by atoms with E-state index in [1.54, 1.807) is 26.0 Å². The van der Waals surface area contributed by atoms with Gasteiger partial charge in [-0.05, 0) is 20.8 Å². The molecule has 6 nitrogen and oxygen atoms in total. The Morgan fingerprint density at radius 3 is 2.86 bits per heavy atom. The fraction of sp³-hybridized carbons (Fsp3) is 0.357. The second-order valence-corrected chi connectivity index (χ2v) is 4.48. The zero-order valence-corrected chi connectivity index (χ0v) is 13.0. The lowest BCUT2D eigenvalue weighted by Gasteiger charge is -2.03. The van der Waals surface area contributed by atoms with Gasteiger partial charge in [0.05, 0.1) is 23.5 Å². The monoisotopic (exact) mass is 311 g/mol. The van der Waals surface area contributed by atoms with Crippen molar-refractivity contribution in [2.45, 2.75) is 27.3 Å². The fourth-order valence-corrected chi connectivity index (χ4v) is 1.88. The normalized spacial score (nSPS) is 12.5. The third kappa shape index (κ3) is 4.46. The Morgan fingerprint density at radius 1 is 1.57 bits per heavy atom. The van der Waals surface area contributed by atoms with Crippen LogP contribution in [0.15, 0.2) is 23.4 Å². The molecular weight excluding hydrogens is 294 g/mol. The van der Waals surface area contributed by atoms with Gasteiger partial charge in [-0.3, -0.25) is 9.48 Å². The highest BCUT2D eigenvalue weighted by molar-refractivity contribution is 6.34. The lowest BCUT2D eigenvalue weighted by molar-refractivity contribution is -0.144. The minimum Gasteiger partial charge on any atom is -0.465 e. The van der Waals surface area contributed by atoms with E-state index in [1.807, 2.05) is 13.0 Å². The number of allylic oxidation sites excluding steroid dienone is 4. The topological polar surface area (TPSA) is 76.7 Å². The van der Waals surface area contributed by atoms with Crippen molar-refractivity contribution in [1.82, 2.24) is 9.78 Å². The first-order valence-corrected chi connectivity index (χ1v) is 6.82. The molecule has 0 aliphatic rings. The number of hydrogen-bond acceptors (Lipinski definition) is 5. The summed E-state index contributed by atoms with van der Waals surface area (Å²) in [5.74, 6) is -0.388. The van der Waals surface area contributed by atoms with Crippen molar-refractivity contribution in [3.05, 3.63) is 34.6 Å². The molecule has 0 saturated heterocycles. The molecule has 0 aromatic carbocycles. The van der Waals surface area contributed by atoms with E-state index >= 15 is 0 Å². The minimum absolute atomic E-state index is 0.0213. The Balaban J connectivity index is 3.17. The van der Waals surface area contributed by atoms with Gasteiger partial charge in [-0.2, -0.15) is 5.10 Å². The molecule has 1 rings (SSSR count). The molecule has 0 fully saturated rings. The third-order valence-corrected chi connectivity index (χ3v) is 3.11. The van der Waals surface area contributed by atoms with Crippen LogP contribution in [0.2, 0.25) is 5.02 Å². The Labute approximate surface area is 128 Å². The van der Waals surface area contributed by atoms with Gasteiger partial charge in [-0.1, -0.05) is 35.0 Å². The first kappa shape index (κ1) is 17.0. The Bertz CT molecular complexity index is 589. The predicted molar refractivity (Wildman–Crippen MR) is 81.7 cm³/mol. The van der Waals surface area contributed by atoms with Crippen LogP contribution in [0.25, 0.3) is 5.57 Å². The largest absolute Gasteiger partial charge is 0.465 e. The molecule has 0 spiro atoms. The molecule has 114 valence electrons. The average molecular weight is 312 g/mol. The summed E-state index contributed by atoms with van der Waals surface area (Å²) < 4.78 is 6.35. The van der Waals surface area contributed by atoms with E-state index in [0.717, 1.165) is 0 Å². The van der Waals surface area contributed by atoms with E-state index in [1.165, 1.54) is 10.9 Å². The first-order valence-electron chi connectivity index (χ1n) is 6.44. The Morgan fingerprint density at radius 2 is 2.29 bits per heavy atom. The van der Waals surface area contributed by atoms with Crippen LogP contribution in [0, 0.1) is 6.92 Å². The highest BCUT2D eigenvalue weighted by Crippen LogP contribution is 2.25. The molecule has 1 heterocycles. The van der Waals surface area contributed by atoms with Crippen LogP contribution in [-0.2, 0) is 16.1 Å². The molecule has 0 atom stereocenters. The molecule has 0 saturated carbocycles. The van der Waals surface area contributed by atoms with Crippen LogP contribution in [-0.4, -0.2) is 33.8 Å². The van der Waals surface area contributed by atoms with E-state index in [0.29, 0.717) is 28.6 Å². The summed E-state index contributed by atoms with van der Waals surface area (Å²) in [6.07, 6.45) is 6.54. The van der Waals surface area contributed by atoms with Crippen molar-refractivity contribution in [3.8, 4) is 0 Å². The van der Waals surface area contributed by atoms with Crippen molar-refractivity contribution in [3.63, 3.8) is 0 Å². The predicted octanol–water partition coefficient (Wildman–Crippen LogP) is 2.83. The molecule has 1 aromatic heterocycles. The minimum atomic E-state index is -0.388. The summed E-state index contributed by atoms with van der Waals surface area (Å²) in [5, 5.41) is 16.4. The standard InChI is InChI=1S/C14H18ClN3O3/c1-4-6-7-11(8-16-20)14-13(15)10(3)18(17-14)9-12(19)21-5-2/h4,6-8,20H,5,9H2,1-3H3/b6-4-,11-7+,16-8?. The third-order valence-electron chi connectivity index (χ3n) is 2.66. The van der Waals surface area contributed by atoms with Gasteiger partial charge in [0.2, 0.25) is 0 Å². The van der Waals surface area contributed by atoms with Crippen LogP contribution >= 0.6 is 11.6 Å². The zero-order valence-electron chi connectivity index (χ0n) is 12.2. The molecule has 7 heteroatoms. The lowest BCUT2D eigenvalue weighted by atomic mass is 10.2. The van der Waals surface area contributed by atoms with Gasteiger partial charge >= 0.3 is 5.97 Å². The number of hydrogen-bond donors (Lipinski definition) is 1. The van der Waals surface area contributed by atoms with E-state index in [2.05, 4.69) is 10.3 Å². The van der Waals surface area contributed by atoms with E-state index in [-0.39, 0.29) is 12.5 Å². The van der Waals surface area contributed by atoms with E-state index in [4.69, 9.17) is 21.5 Å². The maximum absolute atomic E-state index is 11.5. The highest BCUT2D eigenvalue weighted by Gasteiger charge is 2.17. The molecule has 0 amide bonds. The van der Waals surface area contributed by atoms with Gasteiger partial charge in [0, 0.05) is 5.57 Å². The number of nitrogens with zero attached hydrogens (tertiary/aromatic N) is 3. The Hall–Kier alpha value is -2.08. The summed E-state index contributed by atoms with van der Waals surface area (Å²) in [6.45, 7) is 5.63. The molecule has 0 unspecified atom stereocenters. The van der Waals surface area contributed by atoms with Crippen molar-refractivity contribution in [2.24, 2.45) is 5.16 Å². The first-order chi connectivity index (χ1) is 10.0. The Kier molecular flexibility index (Phi) is 6.68. The second kappa shape index (κ2) is 8.26. The number of carbonyl (C=O) groups is 1. The molecule has 0 bridgehead atoms. The molecule has 0 aliphatic heterocycles. The summed E-state index contributed by atoms with van der Waals surface area (Å²) in [4.78, 5) is 11.5. The summed E-state index contributed by atoms with van der Waals surface area (Å²) in [7, 11) is 0. The van der Waals surface area contributed by atoms with Crippen molar-refractivity contribution >= 4 is 29.4 Å². The van der Waals surface area contributed by atoms with Crippen LogP contribution in [0.5, 0.6) is 0 Å². The van der Waals surface area contributed by atoms with Crippen LogP contribution in [0.3, 0.4) is 0 Å². The summed E-state index contributed by atoms with van der Waals surface area (Å²) in [5.41, 5.74) is 1.61. The number of oxime groups is 1. The number of aromatic nitrogens is 2. The van der Waals surface area contributed by atoms with Crippen LogP contribution in [0.1, 0.15) is 25.2 Å². The number of esters is 1. The molecular formula is C14H18ClN3O3. The average Bonchev–Trinajstić information content (AvgIpc) is 2.72. The zero-order chi connectivity index (χ0) is 15.8. The molecule has 0 radical (unpaired) electrons. The highest BCUT2D eigenvalue weighted by atomic mass is 35.5. The number of halogens is 1.